The average Bonchev–Trinajstić information content (AvgIpc) is 3.20. The number of fused-ring (bicyclic) bond motifs is 10. The van der Waals surface area contributed by atoms with Gasteiger partial charge in [-0.25, -0.2) is 0 Å². The van der Waals surface area contributed by atoms with E-state index in [0.29, 0.717) is 11.8 Å². The second-order valence-electron chi connectivity index (χ2n) is 8.30. The second kappa shape index (κ2) is 6.18. The largest absolute Gasteiger partial charge is 0.376 e. The van der Waals surface area contributed by atoms with E-state index in [2.05, 4.69) is 79.7 Å². The Hall–Kier alpha value is -2.64. The zero-order valence-electron chi connectivity index (χ0n) is 16.2. The van der Waals surface area contributed by atoms with Crippen molar-refractivity contribution in [3.8, 4) is 0 Å². The summed E-state index contributed by atoms with van der Waals surface area (Å²) in [6.45, 7) is 3.09. The molecule has 0 saturated heterocycles. The first-order valence-electron chi connectivity index (χ1n) is 10.5. The summed E-state index contributed by atoms with van der Waals surface area (Å²) >= 11 is 0. The minimum absolute atomic E-state index is 0.241. The molecule has 0 aromatic heterocycles. The summed E-state index contributed by atoms with van der Waals surface area (Å²) in [5.41, 5.74) is 5.92. The Morgan fingerprint density at radius 3 is 1.39 bits per heavy atom. The highest BCUT2D eigenvalue weighted by atomic mass is 16.5. The molecule has 0 saturated carbocycles. The molecule has 0 atom stereocenters. The maximum absolute atomic E-state index is 6.55. The van der Waals surface area contributed by atoms with Gasteiger partial charge in [-0.3, -0.25) is 0 Å². The third kappa shape index (κ3) is 2.23. The topological polar surface area (TPSA) is 9.23 Å². The van der Waals surface area contributed by atoms with Gasteiger partial charge in [-0.05, 0) is 50.2 Å². The van der Waals surface area contributed by atoms with Crippen LogP contribution in [0.5, 0.6) is 0 Å². The van der Waals surface area contributed by atoms with Gasteiger partial charge in [-0.1, -0.05) is 86.1 Å². The minimum Gasteiger partial charge on any atom is -0.376 e. The first-order valence-corrected chi connectivity index (χ1v) is 10.5. The van der Waals surface area contributed by atoms with E-state index in [9.17, 15) is 0 Å². The zero-order valence-corrected chi connectivity index (χ0v) is 16.2. The summed E-state index contributed by atoms with van der Waals surface area (Å²) in [7, 11) is 0. The van der Waals surface area contributed by atoms with E-state index in [1.165, 1.54) is 50.2 Å². The smallest absolute Gasteiger partial charge is 0.0793 e. The highest BCUT2D eigenvalue weighted by molar-refractivity contribution is 5.89. The second-order valence-corrected chi connectivity index (χ2v) is 8.30. The van der Waals surface area contributed by atoms with Crippen molar-refractivity contribution in [2.75, 3.05) is 6.61 Å². The number of rotatable bonds is 4. The summed E-state index contributed by atoms with van der Waals surface area (Å²) in [6, 6.07) is 27.2. The SMILES string of the molecule is CCCCOC1C2c3cc4ccccc4cc3C1c1cc3ccccc3cc12. The molecule has 6 rings (SSSR count). The van der Waals surface area contributed by atoms with E-state index in [0.717, 1.165) is 13.0 Å². The van der Waals surface area contributed by atoms with Gasteiger partial charge in [-0.2, -0.15) is 0 Å². The Morgan fingerprint density at radius 2 is 1.04 bits per heavy atom. The first-order chi connectivity index (χ1) is 13.8. The predicted molar refractivity (Wildman–Crippen MR) is 116 cm³/mol. The normalized spacial score (nSPS) is 22.0. The van der Waals surface area contributed by atoms with Gasteiger partial charge < -0.3 is 4.74 Å². The van der Waals surface area contributed by atoms with Crippen LogP contribution in [0.3, 0.4) is 0 Å². The molecular weight excluding hydrogens is 340 g/mol. The molecule has 4 aromatic carbocycles. The fraction of sp³-hybridized carbons (Fsp3) is 0.259. The molecular formula is C27H24O. The summed E-state index contributed by atoms with van der Waals surface area (Å²) in [5.74, 6) is 0.724. The van der Waals surface area contributed by atoms with Crippen LogP contribution in [0.1, 0.15) is 53.9 Å². The number of ether oxygens (including phenoxy) is 1. The van der Waals surface area contributed by atoms with Crippen LogP contribution < -0.4 is 0 Å². The monoisotopic (exact) mass is 364 g/mol. The van der Waals surface area contributed by atoms with Crippen molar-refractivity contribution in [2.45, 2.75) is 37.7 Å². The third-order valence-corrected chi connectivity index (χ3v) is 6.71. The standard InChI is InChI=1S/C27H24O/c1-2-3-12-28-27-25-21-13-17-8-4-5-9-18(17)14-22(21)26(27)24-16-20-11-7-6-10-19(20)15-23(24)25/h4-11,13-16,25-27H,2-3,12H2,1H3. The lowest BCUT2D eigenvalue weighted by Gasteiger charge is -2.20. The quantitative estimate of drug-likeness (QED) is 0.363. The van der Waals surface area contributed by atoms with Crippen LogP contribution in [-0.4, -0.2) is 12.7 Å². The van der Waals surface area contributed by atoms with Crippen molar-refractivity contribution in [3.05, 3.63) is 95.1 Å². The maximum Gasteiger partial charge on any atom is 0.0793 e. The van der Waals surface area contributed by atoms with Crippen LogP contribution in [0.25, 0.3) is 21.5 Å². The minimum atomic E-state index is 0.241. The Kier molecular flexibility index (Phi) is 3.61. The Morgan fingerprint density at radius 1 is 0.643 bits per heavy atom. The predicted octanol–water partition coefficient (Wildman–Crippen LogP) is 6.77. The fourth-order valence-electron chi connectivity index (χ4n) is 5.42. The Labute approximate surface area is 166 Å². The number of hydrogen-bond donors (Lipinski definition) is 0. The van der Waals surface area contributed by atoms with E-state index in [4.69, 9.17) is 4.74 Å². The van der Waals surface area contributed by atoms with E-state index < -0.39 is 0 Å². The van der Waals surface area contributed by atoms with Crippen LogP contribution in [0.2, 0.25) is 0 Å². The van der Waals surface area contributed by atoms with Gasteiger partial charge in [0.15, 0.2) is 0 Å². The van der Waals surface area contributed by atoms with E-state index in [1.807, 2.05) is 0 Å². The van der Waals surface area contributed by atoms with E-state index >= 15 is 0 Å². The fourth-order valence-corrected chi connectivity index (χ4v) is 5.42. The van der Waals surface area contributed by atoms with Crippen LogP contribution in [-0.2, 0) is 4.74 Å². The van der Waals surface area contributed by atoms with Gasteiger partial charge in [0.25, 0.3) is 0 Å². The lowest BCUT2D eigenvalue weighted by atomic mass is 9.83. The van der Waals surface area contributed by atoms with Crippen molar-refractivity contribution in [1.29, 1.82) is 0 Å². The Balaban J connectivity index is 1.56. The molecule has 138 valence electrons. The molecule has 0 N–H and O–H groups in total. The van der Waals surface area contributed by atoms with Crippen molar-refractivity contribution in [2.24, 2.45) is 0 Å². The van der Waals surface area contributed by atoms with Crippen molar-refractivity contribution in [1.82, 2.24) is 0 Å². The summed E-state index contributed by atoms with van der Waals surface area (Å²) in [4.78, 5) is 0. The molecule has 28 heavy (non-hydrogen) atoms. The molecule has 0 aliphatic heterocycles. The molecule has 2 aliphatic carbocycles. The highest BCUT2D eigenvalue weighted by Crippen LogP contribution is 2.59. The van der Waals surface area contributed by atoms with Gasteiger partial charge in [0.05, 0.1) is 6.10 Å². The van der Waals surface area contributed by atoms with Crippen LogP contribution in [0, 0.1) is 0 Å². The number of unbranched alkanes of at least 4 members (excludes halogenated alkanes) is 1. The molecule has 0 heterocycles. The Bertz CT molecular complexity index is 1030. The van der Waals surface area contributed by atoms with Gasteiger partial charge in [0.1, 0.15) is 0 Å². The molecule has 0 amide bonds. The highest BCUT2D eigenvalue weighted by Gasteiger charge is 2.50. The molecule has 0 radical (unpaired) electrons. The molecule has 2 bridgehead atoms. The molecule has 1 nitrogen and oxygen atoms in total. The van der Waals surface area contributed by atoms with Crippen LogP contribution in [0.15, 0.2) is 72.8 Å². The maximum atomic E-state index is 6.55. The van der Waals surface area contributed by atoms with Gasteiger partial charge in [0.2, 0.25) is 0 Å². The third-order valence-electron chi connectivity index (χ3n) is 6.71. The van der Waals surface area contributed by atoms with E-state index in [1.54, 1.807) is 0 Å². The number of benzene rings is 4. The number of hydrogen-bond acceptors (Lipinski definition) is 1. The van der Waals surface area contributed by atoms with Crippen molar-refractivity contribution >= 4 is 21.5 Å². The molecule has 0 fully saturated rings. The molecule has 2 aliphatic rings. The lowest BCUT2D eigenvalue weighted by molar-refractivity contribution is 0.0460. The molecule has 0 unspecified atom stereocenters. The summed E-state index contributed by atoms with van der Waals surface area (Å²) < 4.78 is 6.55. The average molecular weight is 364 g/mol. The van der Waals surface area contributed by atoms with E-state index in [-0.39, 0.29) is 6.10 Å². The molecule has 1 heteroatoms. The molecule has 4 aromatic rings. The van der Waals surface area contributed by atoms with Crippen LogP contribution in [0.4, 0.5) is 0 Å². The van der Waals surface area contributed by atoms with Crippen molar-refractivity contribution < 1.29 is 4.74 Å². The first kappa shape index (κ1) is 16.3. The molecule has 0 spiro atoms. The van der Waals surface area contributed by atoms with Gasteiger partial charge >= 0.3 is 0 Å². The summed E-state index contributed by atoms with van der Waals surface area (Å²) in [6.07, 6.45) is 2.55. The van der Waals surface area contributed by atoms with Gasteiger partial charge in [-0.15, -0.1) is 0 Å². The van der Waals surface area contributed by atoms with Crippen molar-refractivity contribution in [3.63, 3.8) is 0 Å². The summed E-state index contributed by atoms with van der Waals surface area (Å²) in [5, 5.41) is 5.35. The van der Waals surface area contributed by atoms with Gasteiger partial charge in [0, 0.05) is 18.4 Å². The lowest BCUT2D eigenvalue weighted by Crippen LogP contribution is -2.18. The zero-order chi connectivity index (χ0) is 18.7. The van der Waals surface area contributed by atoms with Crippen LogP contribution >= 0.6 is 0 Å².